The van der Waals surface area contributed by atoms with E-state index in [1.165, 1.54) is 0 Å². The predicted octanol–water partition coefficient (Wildman–Crippen LogP) is 0.597. The summed E-state index contributed by atoms with van der Waals surface area (Å²) in [6, 6.07) is 9.28. The molecule has 0 radical (unpaired) electrons. The van der Waals surface area contributed by atoms with Crippen molar-refractivity contribution in [3.8, 4) is 0 Å². The molecule has 5 nitrogen and oxygen atoms in total. The molecule has 1 atom stereocenters. The van der Waals surface area contributed by atoms with Gasteiger partial charge in [0.25, 0.3) is 5.91 Å². The number of hydrogen-bond acceptors (Lipinski definition) is 4. The number of amides is 1. The van der Waals surface area contributed by atoms with Crippen LogP contribution in [0.1, 0.15) is 5.56 Å². The van der Waals surface area contributed by atoms with E-state index in [1.54, 1.807) is 0 Å². The molecule has 1 aliphatic rings. The van der Waals surface area contributed by atoms with Gasteiger partial charge in [0.1, 0.15) is 5.92 Å². The summed E-state index contributed by atoms with van der Waals surface area (Å²) in [7, 11) is 0. The molecule has 2 N–H and O–H groups in total. The number of hydrogen-bond donors (Lipinski definition) is 2. The van der Waals surface area contributed by atoms with Crippen molar-refractivity contribution in [3.05, 3.63) is 35.9 Å². The zero-order valence-corrected chi connectivity index (χ0v) is 7.79. The van der Waals surface area contributed by atoms with Gasteiger partial charge in [-0.1, -0.05) is 30.3 Å². The van der Waals surface area contributed by atoms with Gasteiger partial charge in [-0.05, 0) is 5.56 Å². The van der Waals surface area contributed by atoms with Crippen molar-refractivity contribution >= 4 is 17.8 Å². The molecule has 0 unspecified atom stereocenters. The molecule has 0 spiro atoms. The van der Waals surface area contributed by atoms with Crippen LogP contribution in [0.15, 0.2) is 40.6 Å². The number of carbonyl (C=O) groups excluding carboxylic acids is 1. The Balaban J connectivity index is 2.34. The fourth-order valence-corrected chi connectivity index (χ4v) is 1.44. The highest BCUT2D eigenvalue weighted by atomic mass is 16.4. The first-order valence-corrected chi connectivity index (χ1v) is 4.43. The quantitative estimate of drug-likeness (QED) is 0.419. The summed E-state index contributed by atoms with van der Waals surface area (Å²) in [5, 5.41) is 15.2. The van der Waals surface area contributed by atoms with Crippen LogP contribution in [0.25, 0.3) is 0 Å². The van der Waals surface area contributed by atoms with Crippen molar-refractivity contribution in [1.82, 2.24) is 5.43 Å². The average molecular weight is 203 g/mol. The molecule has 0 saturated heterocycles. The highest BCUT2D eigenvalue weighted by Crippen LogP contribution is 2.13. The topological polar surface area (TPSA) is 74.0 Å². The molecule has 1 aromatic rings. The minimum Gasteiger partial charge on any atom is -0.411 e. The van der Waals surface area contributed by atoms with Gasteiger partial charge >= 0.3 is 0 Å². The number of rotatable bonds is 2. The molecule has 0 aliphatic carbocycles. The van der Waals surface area contributed by atoms with E-state index in [2.05, 4.69) is 15.7 Å². The number of benzene rings is 1. The van der Waals surface area contributed by atoms with E-state index in [9.17, 15) is 4.79 Å². The van der Waals surface area contributed by atoms with E-state index in [-0.39, 0.29) is 5.91 Å². The largest absolute Gasteiger partial charge is 0.411 e. The SMILES string of the molecule is O=C1NN=C(c2ccccc2)[C@H]1/C=N\O. The molecule has 76 valence electrons. The predicted molar refractivity (Wildman–Crippen MR) is 54.9 cm³/mol. The molecule has 1 aromatic carbocycles. The Kier molecular flexibility index (Phi) is 2.45. The Morgan fingerprint density at radius 1 is 1.40 bits per heavy atom. The Morgan fingerprint density at radius 2 is 2.13 bits per heavy atom. The highest BCUT2D eigenvalue weighted by Gasteiger charge is 2.29. The van der Waals surface area contributed by atoms with Crippen LogP contribution in [0, 0.1) is 5.92 Å². The Hall–Kier alpha value is -2.17. The smallest absolute Gasteiger partial charge is 0.254 e. The van der Waals surface area contributed by atoms with Crippen LogP contribution >= 0.6 is 0 Å². The van der Waals surface area contributed by atoms with Crippen molar-refractivity contribution in [1.29, 1.82) is 0 Å². The van der Waals surface area contributed by atoms with Crippen molar-refractivity contribution in [3.63, 3.8) is 0 Å². The summed E-state index contributed by atoms with van der Waals surface area (Å²) >= 11 is 0. The third-order valence-corrected chi connectivity index (χ3v) is 2.15. The number of oxime groups is 1. The van der Waals surface area contributed by atoms with E-state index in [0.717, 1.165) is 11.8 Å². The lowest BCUT2D eigenvalue weighted by atomic mass is 9.98. The van der Waals surface area contributed by atoms with Gasteiger partial charge in [-0.2, -0.15) is 5.10 Å². The minimum atomic E-state index is -0.614. The van der Waals surface area contributed by atoms with Crippen LogP contribution in [0.5, 0.6) is 0 Å². The molecule has 2 rings (SSSR count). The van der Waals surface area contributed by atoms with Crippen LogP contribution in [0.2, 0.25) is 0 Å². The number of nitrogens with one attached hydrogen (secondary N) is 1. The summed E-state index contributed by atoms with van der Waals surface area (Å²) in [5.41, 5.74) is 3.75. The van der Waals surface area contributed by atoms with Crippen molar-refractivity contribution in [2.24, 2.45) is 16.2 Å². The highest BCUT2D eigenvalue weighted by molar-refractivity contribution is 6.24. The van der Waals surface area contributed by atoms with Crippen LogP contribution in [0.4, 0.5) is 0 Å². The molecule has 15 heavy (non-hydrogen) atoms. The molecule has 5 heteroatoms. The Bertz CT molecular complexity index is 426. The van der Waals surface area contributed by atoms with Gasteiger partial charge in [0, 0.05) is 0 Å². The number of nitrogens with zero attached hydrogens (tertiary/aromatic N) is 2. The molecule has 1 aliphatic heterocycles. The zero-order valence-electron chi connectivity index (χ0n) is 7.79. The standard InChI is InChI=1S/C10H9N3O2/c14-10-8(6-11-15)9(12-13-10)7-4-2-1-3-5-7/h1-6,8,15H,(H,13,14)/b11-6-/t8-/m1/s1. The van der Waals surface area contributed by atoms with E-state index >= 15 is 0 Å². The van der Waals surface area contributed by atoms with Gasteiger partial charge in [0.05, 0.1) is 11.9 Å². The van der Waals surface area contributed by atoms with Crippen LogP contribution in [-0.4, -0.2) is 23.0 Å². The first kappa shape index (κ1) is 9.39. The fraction of sp³-hybridized carbons (Fsp3) is 0.100. The van der Waals surface area contributed by atoms with Gasteiger partial charge in [-0.25, -0.2) is 5.43 Å². The van der Waals surface area contributed by atoms with Gasteiger partial charge in [-0.3, -0.25) is 4.79 Å². The molecule has 0 bridgehead atoms. The maximum Gasteiger partial charge on any atom is 0.254 e. The molecule has 0 aromatic heterocycles. The molecule has 0 saturated carbocycles. The third-order valence-electron chi connectivity index (χ3n) is 2.15. The molecule has 1 amide bonds. The van der Waals surface area contributed by atoms with Crippen molar-refractivity contribution < 1.29 is 10.0 Å². The Labute approximate surface area is 86.1 Å². The lowest BCUT2D eigenvalue weighted by Crippen LogP contribution is -2.24. The third kappa shape index (κ3) is 1.71. The fourth-order valence-electron chi connectivity index (χ4n) is 1.44. The minimum absolute atomic E-state index is 0.286. The van der Waals surface area contributed by atoms with E-state index in [0.29, 0.717) is 5.71 Å². The molecular formula is C10H9N3O2. The lowest BCUT2D eigenvalue weighted by Gasteiger charge is -2.03. The monoisotopic (exact) mass is 203 g/mol. The van der Waals surface area contributed by atoms with E-state index < -0.39 is 5.92 Å². The number of hydrazone groups is 1. The van der Waals surface area contributed by atoms with E-state index in [1.807, 2.05) is 30.3 Å². The van der Waals surface area contributed by atoms with Crippen LogP contribution < -0.4 is 5.43 Å². The Morgan fingerprint density at radius 3 is 2.80 bits per heavy atom. The van der Waals surface area contributed by atoms with Gasteiger partial charge in [0.15, 0.2) is 0 Å². The summed E-state index contributed by atoms with van der Waals surface area (Å²) in [4.78, 5) is 11.3. The maximum atomic E-state index is 11.3. The molecule has 0 fully saturated rings. The van der Waals surface area contributed by atoms with Crippen molar-refractivity contribution in [2.75, 3.05) is 0 Å². The zero-order chi connectivity index (χ0) is 10.7. The van der Waals surface area contributed by atoms with Crippen LogP contribution in [0.3, 0.4) is 0 Å². The first-order valence-electron chi connectivity index (χ1n) is 4.43. The number of carbonyl (C=O) groups is 1. The second-order valence-corrected chi connectivity index (χ2v) is 3.08. The van der Waals surface area contributed by atoms with Crippen LogP contribution in [-0.2, 0) is 4.79 Å². The second-order valence-electron chi connectivity index (χ2n) is 3.08. The van der Waals surface area contributed by atoms with E-state index in [4.69, 9.17) is 5.21 Å². The molecule has 1 heterocycles. The van der Waals surface area contributed by atoms with Crippen molar-refractivity contribution in [2.45, 2.75) is 0 Å². The summed E-state index contributed by atoms with van der Waals surface area (Å²) < 4.78 is 0. The lowest BCUT2D eigenvalue weighted by molar-refractivity contribution is -0.120. The first-order chi connectivity index (χ1) is 7.33. The van der Waals surface area contributed by atoms with Gasteiger partial charge in [0.2, 0.25) is 0 Å². The summed E-state index contributed by atoms with van der Waals surface area (Å²) in [6.07, 6.45) is 1.16. The summed E-state index contributed by atoms with van der Waals surface area (Å²) in [6.45, 7) is 0. The second kappa shape index (κ2) is 3.91. The maximum absolute atomic E-state index is 11.3. The summed E-state index contributed by atoms with van der Waals surface area (Å²) in [5.74, 6) is -0.899. The average Bonchev–Trinajstić information content (AvgIpc) is 2.63. The normalized spacial score (nSPS) is 20.4. The van der Waals surface area contributed by atoms with Gasteiger partial charge < -0.3 is 5.21 Å². The van der Waals surface area contributed by atoms with Gasteiger partial charge in [-0.15, -0.1) is 5.16 Å². The molecular weight excluding hydrogens is 194 g/mol.